The van der Waals surface area contributed by atoms with Crippen molar-refractivity contribution in [2.24, 2.45) is 0 Å². The van der Waals surface area contributed by atoms with Gasteiger partial charge >= 0.3 is 5.97 Å². The SMILES string of the molecule is C=CCC(=O)Nc1cccc(C(=O)O)c1. The fraction of sp³-hybridized carbons (Fsp3) is 0.0909. The summed E-state index contributed by atoms with van der Waals surface area (Å²) >= 11 is 0. The van der Waals surface area contributed by atoms with E-state index in [1.807, 2.05) is 0 Å². The average molecular weight is 205 g/mol. The first-order chi connectivity index (χ1) is 7.13. The second kappa shape index (κ2) is 4.95. The van der Waals surface area contributed by atoms with Gasteiger partial charge in [-0.15, -0.1) is 6.58 Å². The number of carboxylic acid groups (broad SMARTS) is 1. The number of benzene rings is 1. The van der Waals surface area contributed by atoms with Crippen LogP contribution >= 0.6 is 0 Å². The van der Waals surface area contributed by atoms with E-state index in [2.05, 4.69) is 11.9 Å². The molecule has 0 heterocycles. The van der Waals surface area contributed by atoms with Crippen molar-refractivity contribution in [3.05, 3.63) is 42.5 Å². The summed E-state index contributed by atoms with van der Waals surface area (Å²) in [5.41, 5.74) is 0.619. The summed E-state index contributed by atoms with van der Waals surface area (Å²) in [6, 6.07) is 6.08. The average Bonchev–Trinajstić information content (AvgIpc) is 2.18. The number of hydrogen-bond donors (Lipinski definition) is 2. The van der Waals surface area contributed by atoms with Gasteiger partial charge in [0.1, 0.15) is 0 Å². The molecule has 0 aliphatic rings. The molecule has 0 unspecified atom stereocenters. The van der Waals surface area contributed by atoms with Gasteiger partial charge in [-0.05, 0) is 18.2 Å². The van der Waals surface area contributed by atoms with Crippen molar-refractivity contribution < 1.29 is 14.7 Å². The Kier molecular flexibility index (Phi) is 3.62. The third kappa shape index (κ3) is 3.27. The van der Waals surface area contributed by atoms with Crippen molar-refractivity contribution in [2.45, 2.75) is 6.42 Å². The third-order valence-electron chi connectivity index (χ3n) is 1.72. The molecule has 1 aromatic rings. The van der Waals surface area contributed by atoms with Crippen molar-refractivity contribution in [3.63, 3.8) is 0 Å². The fourth-order valence-corrected chi connectivity index (χ4v) is 1.07. The Hall–Kier alpha value is -2.10. The predicted molar refractivity (Wildman–Crippen MR) is 56.8 cm³/mol. The summed E-state index contributed by atoms with van der Waals surface area (Å²) in [5.74, 6) is -1.23. The van der Waals surface area contributed by atoms with Crippen molar-refractivity contribution in [3.8, 4) is 0 Å². The molecular formula is C11H11NO3. The Morgan fingerprint density at radius 1 is 1.47 bits per heavy atom. The van der Waals surface area contributed by atoms with Gasteiger partial charge < -0.3 is 10.4 Å². The lowest BCUT2D eigenvalue weighted by molar-refractivity contribution is -0.115. The summed E-state index contributed by atoms with van der Waals surface area (Å²) < 4.78 is 0. The van der Waals surface area contributed by atoms with Crippen LogP contribution in [0.3, 0.4) is 0 Å². The monoisotopic (exact) mass is 205 g/mol. The number of carbonyl (C=O) groups is 2. The van der Waals surface area contributed by atoms with Crippen molar-refractivity contribution in [1.82, 2.24) is 0 Å². The molecular weight excluding hydrogens is 194 g/mol. The van der Waals surface area contributed by atoms with E-state index in [0.29, 0.717) is 5.69 Å². The Bertz CT molecular complexity index is 399. The number of aromatic carboxylic acids is 1. The lowest BCUT2D eigenvalue weighted by atomic mass is 10.2. The summed E-state index contributed by atoms with van der Waals surface area (Å²) in [7, 11) is 0. The van der Waals surface area contributed by atoms with Crippen LogP contribution in [-0.4, -0.2) is 17.0 Å². The molecule has 0 saturated heterocycles. The Morgan fingerprint density at radius 2 is 2.20 bits per heavy atom. The molecule has 1 rings (SSSR count). The van der Waals surface area contributed by atoms with Crippen LogP contribution in [-0.2, 0) is 4.79 Å². The molecule has 4 heteroatoms. The molecule has 0 spiro atoms. The topological polar surface area (TPSA) is 66.4 Å². The first-order valence-electron chi connectivity index (χ1n) is 4.37. The zero-order valence-electron chi connectivity index (χ0n) is 8.06. The molecule has 0 aliphatic heterocycles. The summed E-state index contributed by atoms with van der Waals surface area (Å²) in [6.45, 7) is 3.43. The molecule has 0 bridgehead atoms. The highest BCUT2D eigenvalue weighted by Gasteiger charge is 2.04. The van der Waals surface area contributed by atoms with Gasteiger partial charge in [0.2, 0.25) is 5.91 Å². The van der Waals surface area contributed by atoms with Crippen LogP contribution in [0.1, 0.15) is 16.8 Å². The van der Waals surface area contributed by atoms with E-state index in [1.54, 1.807) is 12.1 Å². The molecule has 0 saturated carbocycles. The Morgan fingerprint density at radius 3 is 2.80 bits per heavy atom. The van der Waals surface area contributed by atoms with E-state index in [4.69, 9.17) is 5.11 Å². The standard InChI is InChI=1S/C11H11NO3/c1-2-4-10(13)12-9-6-3-5-8(7-9)11(14)15/h2-3,5-7H,1,4H2,(H,12,13)(H,14,15). The van der Waals surface area contributed by atoms with Crippen LogP contribution in [0.2, 0.25) is 0 Å². The second-order valence-electron chi connectivity index (χ2n) is 2.93. The van der Waals surface area contributed by atoms with E-state index < -0.39 is 5.97 Å². The third-order valence-corrected chi connectivity index (χ3v) is 1.72. The number of anilines is 1. The zero-order chi connectivity index (χ0) is 11.3. The summed E-state index contributed by atoms with van der Waals surface area (Å²) in [4.78, 5) is 21.8. The number of amides is 1. The molecule has 0 aromatic heterocycles. The molecule has 0 radical (unpaired) electrons. The number of rotatable bonds is 4. The van der Waals surface area contributed by atoms with Gasteiger partial charge in [-0.1, -0.05) is 12.1 Å². The maximum absolute atomic E-state index is 11.2. The van der Waals surface area contributed by atoms with Gasteiger partial charge in [-0.2, -0.15) is 0 Å². The van der Waals surface area contributed by atoms with E-state index >= 15 is 0 Å². The molecule has 4 nitrogen and oxygen atoms in total. The van der Waals surface area contributed by atoms with Crippen LogP contribution in [0.25, 0.3) is 0 Å². The first kappa shape index (κ1) is 11.0. The maximum Gasteiger partial charge on any atom is 0.335 e. The number of nitrogens with one attached hydrogen (secondary N) is 1. The number of carbonyl (C=O) groups excluding carboxylic acids is 1. The number of carboxylic acids is 1. The van der Waals surface area contributed by atoms with E-state index in [0.717, 1.165) is 0 Å². The molecule has 0 atom stereocenters. The van der Waals surface area contributed by atoms with Crippen LogP contribution in [0.15, 0.2) is 36.9 Å². The first-order valence-corrected chi connectivity index (χ1v) is 4.37. The maximum atomic E-state index is 11.2. The molecule has 0 aliphatic carbocycles. The number of hydrogen-bond acceptors (Lipinski definition) is 2. The largest absolute Gasteiger partial charge is 0.478 e. The van der Waals surface area contributed by atoms with E-state index in [-0.39, 0.29) is 17.9 Å². The fourth-order valence-electron chi connectivity index (χ4n) is 1.07. The highest BCUT2D eigenvalue weighted by atomic mass is 16.4. The van der Waals surface area contributed by atoms with Crippen molar-refractivity contribution in [2.75, 3.05) is 5.32 Å². The van der Waals surface area contributed by atoms with Crippen LogP contribution in [0.5, 0.6) is 0 Å². The summed E-state index contributed by atoms with van der Waals surface area (Å²) in [6.07, 6.45) is 1.69. The van der Waals surface area contributed by atoms with Crippen LogP contribution in [0.4, 0.5) is 5.69 Å². The Labute approximate surface area is 87.2 Å². The lowest BCUT2D eigenvalue weighted by Gasteiger charge is -2.03. The highest BCUT2D eigenvalue weighted by molar-refractivity contribution is 5.94. The van der Waals surface area contributed by atoms with Gasteiger partial charge in [0.25, 0.3) is 0 Å². The summed E-state index contributed by atoms with van der Waals surface area (Å²) in [5, 5.41) is 11.3. The lowest BCUT2D eigenvalue weighted by Crippen LogP contribution is -2.10. The van der Waals surface area contributed by atoms with Crippen molar-refractivity contribution >= 4 is 17.6 Å². The van der Waals surface area contributed by atoms with Crippen molar-refractivity contribution in [1.29, 1.82) is 0 Å². The molecule has 78 valence electrons. The van der Waals surface area contributed by atoms with Crippen LogP contribution in [0, 0.1) is 0 Å². The van der Waals surface area contributed by atoms with Gasteiger partial charge in [-0.25, -0.2) is 4.79 Å². The predicted octanol–water partition coefficient (Wildman–Crippen LogP) is 1.90. The minimum absolute atomic E-state index is 0.145. The normalized spacial score (nSPS) is 9.33. The van der Waals surface area contributed by atoms with Gasteiger partial charge in [0.15, 0.2) is 0 Å². The highest BCUT2D eigenvalue weighted by Crippen LogP contribution is 2.10. The zero-order valence-corrected chi connectivity index (χ0v) is 8.06. The van der Waals surface area contributed by atoms with E-state index in [9.17, 15) is 9.59 Å². The minimum Gasteiger partial charge on any atom is -0.478 e. The molecule has 15 heavy (non-hydrogen) atoms. The van der Waals surface area contributed by atoms with Gasteiger partial charge in [0.05, 0.1) is 5.56 Å². The quantitative estimate of drug-likeness (QED) is 0.738. The molecule has 0 fully saturated rings. The minimum atomic E-state index is -1.02. The van der Waals surface area contributed by atoms with Crippen LogP contribution < -0.4 is 5.32 Å². The smallest absolute Gasteiger partial charge is 0.335 e. The second-order valence-corrected chi connectivity index (χ2v) is 2.93. The molecule has 1 aromatic carbocycles. The van der Waals surface area contributed by atoms with E-state index in [1.165, 1.54) is 18.2 Å². The Balaban J connectivity index is 2.77. The van der Waals surface area contributed by atoms with Gasteiger partial charge in [0, 0.05) is 12.1 Å². The molecule has 2 N–H and O–H groups in total. The van der Waals surface area contributed by atoms with Gasteiger partial charge in [-0.3, -0.25) is 4.79 Å². The molecule has 1 amide bonds.